The molecular formula is C21H25NO5. The third-order valence-corrected chi connectivity index (χ3v) is 3.45. The Kier molecular flexibility index (Phi) is 7.37. The van der Waals surface area contributed by atoms with Gasteiger partial charge in [-0.25, -0.2) is 9.59 Å². The zero-order valence-electron chi connectivity index (χ0n) is 15.9. The number of hydrogen-bond acceptors (Lipinski definition) is 5. The Hall–Kier alpha value is -2.86. The van der Waals surface area contributed by atoms with Gasteiger partial charge in [-0.3, -0.25) is 4.89 Å². The number of hydrogen-bond donors (Lipinski definition) is 1. The predicted molar refractivity (Wildman–Crippen MR) is 101 cm³/mol. The van der Waals surface area contributed by atoms with E-state index in [9.17, 15) is 9.59 Å². The topological polar surface area (TPSA) is 73.9 Å². The van der Waals surface area contributed by atoms with Crippen molar-refractivity contribution in [1.82, 2.24) is 5.32 Å². The van der Waals surface area contributed by atoms with Crippen LogP contribution in [0.15, 0.2) is 54.6 Å². The van der Waals surface area contributed by atoms with Crippen molar-refractivity contribution < 1.29 is 24.1 Å². The van der Waals surface area contributed by atoms with Crippen LogP contribution in [0.5, 0.6) is 0 Å². The van der Waals surface area contributed by atoms with Crippen LogP contribution in [0.2, 0.25) is 0 Å². The molecule has 0 saturated heterocycles. The van der Waals surface area contributed by atoms with Crippen LogP contribution in [0.3, 0.4) is 0 Å². The van der Waals surface area contributed by atoms with Gasteiger partial charge in [-0.15, -0.1) is 0 Å². The third kappa shape index (κ3) is 7.92. The van der Waals surface area contributed by atoms with Crippen LogP contribution in [0.4, 0.5) is 4.79 Å². The minimum Gasteiger partial charge on any atom is -0.445 e. The Balaban J connectivity index is 1.70. The normalized spacial score (nSPS) is 10.9. The maximum absolute atomic E-state index is 11.9. The van der Waals surface area contributed by atoms with Crippen LogP contribution in [0, 0.1) is 0 Å². The number of alkyl carbamates (subject to hydrolysis) is 1. The molecule has 2 rings (SSSR count). The monoisotopic (exact) mass is 371 g/mol. The summed E-state index contributed by atoms with van der Waals surface area (Å²) in [6.45, 7) is 6.05. The molecule has 0 aromatic heterocycles. The van der Waals surface area contributed by atoms with Crippen LogP contribution in [0.25, 0.3) is 0 Å². The van der Waals surface area contributed by atoms with Crippen LogP contribution < -0.4 is 5.32 Å². The molecule has 0 aliphatic rings. The van der Waals surface area contributed by atoms with Crippen molar-refractivity contribution >= 4 is 12.1 Å². The summed E-state index contributed by atoms with van der Waals surface area (Å²) in [4.78, 5) is 33.4. The van der Waals surface area contributed by atoms with Crippen LogP contribution in [-0.4, -0.2) is 24.2 Å². The summed E-state index contributed by atoms with van der Waals surface area (Å²) in [5.74, 6) is -0.543. The Bertz CT molecular complexity index is 735. The molecule has 6 nitrogen and oxygen atoms in total. The molecular weight excluding hydrogens is 346 g/mol. The summed E-state index contributed by atoms with van der Waals surface area (Å²) < 4.78 is 5.15. The van der Waals surface area contributed by atoms with E-state index in [2.05, 4.69) is 5.32 Å². The van der Waals surface area contributed by atoms with Gasteiger partial charge in [0, 0.05) is 6.54 Å². The molecule has 0 heterocycles. The van der Waals surface area contributed by atoms with E-state index < -0.39 is 17.7 Å². The average Bonchev–Trinajstić information content (AvgIpc) is 2.65. The molecule has 6 heteroatoms. The number of benzene rings is 2. The number of carbonyl (C=O) groups excluding carboxylic acids is 2. The van der Waals surface area contributed by atoms with Gasteiger partial charge in [-0.1, -0.05) is 42.5 Å². The first kappa shape index (κ1) is 20.5. The van der Waals surface area contributed by atoms with E-state index in [-0.39, 0.29) is 6.61 Å². The maximum atomic E-state index is 11.9. The van der Waals surface area contributed by atoms with E-state index in [1.165, 1.54) is 0 Å². The predicted octanol–water partition coefficient (Wildman–Crippen LogP) is 4.04. The highest BCUT2D eigenvalue weighted by Crippen LogP contribution is 2.11. The largest absolute Gasteiger partial charge is 0.445 e. The first-order chi connectivity index (χ1) is 12.8. The van der Waals surface area contributed by atoms with Gasteiger partial charge >= 0.3 is 12.1 Å². The quantitative estimate of drug-likeness (QED) is 0.587. The van der Waals surface area contributed by atoms with E-state index in [0.29, 0.717) is 18.5 Å². The fourth-order valence-corrected chi connectivity index (χ4v) is 2.10. The van der Waals surface area contributed by atoms with Crippen molar-refractivity contribution in [2.75, 3.05) is 6.54 Å². The smallest absolute Gasteiger partial charge is 0.407 e. The van der Waals surface area contributed by atoms with Gasteiger partial charge < -0.3 is 10.1 Å². The average molecular weight is 371 g/mol. The van der Waals surface area contributed by atoms with Gasteiger partial charge in [0.15, 0.2) is 0 Å². The SMILES string of the molecule is CC(C)(C)OOC(=O)c1ccc(CCNC(=O)OCc2ccccc2)cc1. The highest BCUT2D eigenvalue weighted by Gasteiger charge is 2.16. The molecule has 0 spiro atoms. The van der Waals surface area contributed by atoms with Crippen molar-refractivity contribution in [1.29, 1.82) is 0 Å². The van der Waals surface area contributed by atoms with E-state index in [4.69, 9.17) is 14.5 Å². The lowest BCUT2D eigenvalue weighted by molar-refractivity contribution is -0.301. The summed E-state index contributed by atoms with van der Waals surface area (Å²) in [5, 5.41) is 2.70. The fourth-order valence-electron chi connectivity index (χ4n) is 2.10. The summed E-state index contributed by atoms with van der Waals surface area (Å²) in [6.07, 6.45) is 0.159. The minimum absolute atomic E-state index is 0.236. The van der Waals surface area contributed by atoms with Gasteiger partial charge in [0.2, 0.25) is 0 Å². The Morgan fingerprint density at radius 1 is 0.926 bits per heavy atom. The summed E-state index contributed by atoms with van der Waals surface area (Å²) in [7, 11) is 0. The standard InChI is InChI=1S/C21H25NO5/c1-21(2,3)27-26-19(23)18-11-9-16(10-12-18)13-14-22-20(24)25-15-17-7-5-4-6-8-17/h4-12H,13-15H2,1-3H3,(H,22,24). The van der Waals surface area contributed by atoms with Gasteiger partial charge in [-0.2, -0.15) is 4.89 Å². The zero-order valence-corrected chi connectivity index (χ0v) is 15.9. The Labute approximate surface area is 159 Å². The molecule has 0 unspecified atom stereocenters. The molecule has 2 aromatic carbocycles. The van der Waals surface area contributed by atoms with Crippen LogP contribution >= 0.6 is 0 Å². The van der Waals surface area contributed by atoms with Gasteiger partial charge in [0.25, 0.3) is 0 Å². The molecule has 0 atom stereocenters. The molecule has 144 valence electrons. The maximum Gasteiger partial charge on any atom is 0.407 e. The molecule has 27 heavy (non-hydrogen) atoms. The van der Waals surface area contributed by atoms with Crippen molar-refractivity contribution in [3.05, 3.63) is 71.3 Å². The fraction of sp³-hybridized carbons (Fsp3) is 0.333. The van der Waals surface area contributed by atoms with Crippen molar-refractivity contribution in [2.24, 2.45) is 0 Å². The molecule has 0 fully saturated rings. The summed E-state index contributed by atoms with van der Waals surface area (Å²) in [5.41, 5.74) is 1.76. The molecule has 2 aromatic rings. The lowest BCUT2D eigenvalue weighted by Gasteiger charge is -2.16. The van der Waals surface area contributed by atoms with Gasteiger partial charge in [0.1, 0.15) is 12.2 Å². The van der Waals surface area contributed by atoms with E-state index in [0.717, 1.165) is 11.1 Å². The second kappa shape index (κ2) is 9.73. The lowest BCUT2D eigenvalue weighted by atomic mass is 10.1. The number of nitrogens with one attached hydrogen (secondary N) is 1. The molecule has 0 radical (unpaired) electrons. The second-order valence-electron chi connectivity index (χ2n) is 7.00. The number of rotatable bonds is 7. The Morgan fingerprint density at radius 3 is 2.22 bits per heavy atom. The molecule has 1 amide bonds. The zero-order chi connectivity index (χ0) is 19.7. The summed E-state index contributed by atoms with van der Waals surface area (Å²) in [6, 6.07) is 16.4. The highest BCUT2D eigenvalue weighted by atomic mass is 17.2. The first-order valence-corrected chi connectivity index (χ1v) is 8.77. The van der Waals surface area contributed by atoms with Crippen LogP contribution in [0.1, 0.15) is 42.3 Å². The molecule has 1 N–H and O–H groups in total. The van der Waals surface area contributed by atoms with E-state index >= 15 is 0 Å². The molecule has 0 saturated carbocycles. The Morgan fingerprint density at radius 2 is 1.59 bits per heavy atom. The number of carbonyl (C=O) groups is 2. The van der Waals surface area contributed by atoms with Crippen molar-refractivity contribution in [3.8, 4) is 0 Å². The third-order valence-electron chi connectivity index (χ3n) is 3.45. The first-order valence-electron chi connectivity index (χ1n) is 8.77. The molecule has 0 aliphatic heterocycles. The highest BCUT2D eigenvalue weighted by molar-refractivity contribution is 5.88. The van der Waals surface area contributed by atoms with Gasteiger partial charge in [-0.05, 0) is 50.5 Å². The number of ether oxygens (including phenoxy) is 1. The van der Waals surface area contributed by atoms with E-state index in [1.807, 2.05) is 42.5 Å². The van der Waals surface area contributed by atoms with Crippen LogP contribution in [-0.2, 0) is 27.5 Å². The molecule has 0 bridgehead atoms. The van der Waals surface area contributed by atoms with Gasteiger partial charge in [0.05, 0.1) is 5.56 Å². The van der Waals surface area contributed by atoms with Crippen molar-refractivity contribution in [3.63, 3.8) is 0 Å². The number of amides is 1. The molecule has 0 aliphatic carbocycles. The lowest BCUT2D eigenvalue weighted by Crippen LogP contribution is -2.26. The second-order valence-corrected chi connectivity index (χ2v) is 7.00. The van der Waals surface area contributed by atoms with Crippen molar-refractivity contribution in [2.45, 2.75) is 39.4 Å². The van der Waals surface area contributed by atoms with E-state index in [1.54, 1.807) is 32.9 Å². The summed E-state index contributed by atoms with van der Waals surface area (Å²) >= 11 is 0. The minimum atomic E-state index is -0.559.